The Hall–Kier alpha value is -0.480. The van der Waals surface area contributed by atoms with Crippen molar-refractivity contribution >= 4 is 34.9 Å². The molecular formula is C11H18N2S2. The van der Waals surface area contributed by atoms with Crippen LogP contribution in [-0.4, -0.2) is 11.5 Å². The molecule has 1 aromatic carbocycles. The molecule has 2 nitrogen and oxygen atoms in total. The first-order valence-corrected chi connectivity index (χ1v) is 7.03. The normalized spacial score (nSPS) is 10.6. The molecule has 4 heteroatoms. The molecular weight excluding hydrogens is 224 g/mol. The van der Waals surface area contributed by atoms with E-state index in [1.807, 2.05) is 13.0 Å². The van der Waals surface area contributed by atoms with Crippen LogP contribution in [0.4, 0.5) is 11.4 Å². The summed E-state index contributed by atoms with van der Waals surface area (Å²) in [6, 6.07) is 1.98. The van der Waals surface area contributed by atoms with Crippen LogP contribution < -0.4 is 11.5 Å². The average Bonchev–Trinajstić information content (AvgIpc) is 2.21. The van der Waals surface area contributed by atoms with Crippen molar-refractivity contribution in [2.75, 3.05) is 23.0 Å². The minimum atomic E-state index is 0.844. The zero-order valence-electron chi connectivity index (χ0n) is 9.46. The molecule has 1 rings (SSSR count). The maximum absolute atomic E-state index is 6.13. The number of thioether (sulfide) groups is 2. The van der Waals surface area contributed by atoms with Gasteiger partial charge in [0.05, 0.1) is 5.69 Å². The Balaban J connectivity index is 3.22. The summed E-state index contributed by atoms with van der Waals surface area (Å²) >= 11 is 3.51. The number of rotatable bonds is 4. The van der Waals surface area contributed by atoms with Gasteiger partial charge < -0.3 is 11.5 Å². The molecule has 84 valence electrons. The fraction of sp³-hybridized carbons (Fsp3) is 0.455. The summed E-state index contributed by atoms with van der Waals surface area (Å²) in [6.07, 6.45) is 0. The third kappa shape index (κ3) is 2.75. The third-order valence-corrected chi connectivity index (χ3v) is 4.20. The molecule has 0 radical (unpaired) electrons. The van der Waals surface area contributed by atoms with Crippen LogP contribution in [0.15, 0.2) is 15.9 Å². The van der Waals surface area contributed by atoms with E-state index in [1.165, 1.54) is 0 Å². The summed E-state index contributed by atoms with van der Waals surface area (Å²) in [6.45, 7) is 6.27. The highest BCUT2D eigenvalue weighted by Gasteiger charge is 2.11. The minimum absolute atomic E-state index is 0.844. The number of hydrogen-bond donors (Lipinski definition) is 2. The highest BCUT2D eigenvalue weighted by Crippen LogP contribution is 2.39. The number of anilines is 2. The summed E-state index contributed by atoms with van der Waals surface area (Å²) in [4.78, 5) is 2.25. The van der Waals surface area contributed by atoms with Crippen molar-refractivity contribution in [1.29, 1.82) is 0 Å². The Morgan fingerprint density at radius 3 is 2.27 bits per heavy atom. The number of nitrogens with two attached hydrogens (primary N) is 2. The van der Waals surface area contributed by atoms with Gasteiger partial charge in [0, 0.05) is 15.5 Å². The average molecular weight is 242 g/mol. The van der Waals surface area contributed by atoms with Crippen LogP contribution >= 0.6 is 23.5 Å². The fourth-order valence-corrected chi connectivity index (χ4v) is 3.11. The van der Waals surface area contributed by atoms with Crippen LogP contribution in [-0.2, 0) is 0 Å². The standard InChI is InChI=1S/C11H18N2S2/c1-4-14-9-6-8(12)7(3)11(10(9)13)15-5-2/h6H,4-5,12-13H2,1-3H3. The van der Waals surface area contributed by atoms with E-state index in [2.05, 4.69) is 13.8 Å². The van der Waals surface area contributed by atoms with E-state index in [4.69, 9.17) is 11.5 Å². The highest BCUT2D eigenvalue weighted by molar-refractivity contribution is 8.00. The van der Waals surface area contributed by atoms with Gasteiger partial charge in [-0.25, -0.2) is 0 Å². The lowest BCUT2D eigenvalue weighted by atomic mass is 10.2. The molecule has 4 N–H and O–H groups in total. The van der Waals surface area contributed by atoms with E-state index in [-0.39, 0.29) is 0 Å². The van der Waals surface area contributed by atoms with Crippen LogP contribution in [0, 0.1) is 6.92 Å². The van der Waals surface area contributed by atoms with Crippen molar-refractivity contribution < 1.29 is 0 Å². The smallest absolute Gasteiger partial charge is 0.0594 e. The maximum Gasteiger partial charge on any atom is 0.0594 e. The zero-order valence-corrected chi connectivity index (χ0v) is 11.1. The lowest BCUT2D eigenvalue weighted by Crippen LogP contribution is -1.99. The van der Waals surface area contributed by atoms with Gasteiger partial charge in [0.1, 0.15) is 0 Å². The molecule has 0 heterocycles. The predicted octanol–water partition coefficient (Wildman–Crippen LogP) is 3.38. The SMILES string of the molecule is CCSc1cc(N)c(C)c(SCC)c1N. The molecule has 0 aromatic heterocycles. The topological polar surface area (TPSA) is 52.0 Å². The summed E-state index contributed by atoms with van der Waals surface area (Å²) in [5.41, 5.74) is 14.9. The number of nitrogen functional groups attached to an aromatic ring is 2. The van der Waals surface area contributed by atoms with Gasteiger partial charge >= 0.3 is 0 Å². The van der Waals surface area contributed by atoms with Gasteiger partial charge in [-0.1, -0.05) is 13.8 Å². The lowest BCUT2D eigenvalue weighted by molar-refractivity contribution is 1.25. The van der Waals surface area contributed by atoms with Gasteiger partial charge in [-0.15, -0.1) is 23.5 Å². The van der Waals surface area contributed by atoms with E-state index < -0.39 is 0 Å². The van der Waals surface area contributed by atoms with Gasteiger partial charge in [-0.2, -0.15) is 0 Å². The van der Waals surface area contributed by atoms with Crippen LogP contribution in [0.5, 0.6) is 0 Å². The third-order valence-electron chi connectivity index (χ3n) is 2.16. The van der Waals surface area contributed by atoms with Crippen molar-refractivity contribution in [1.82, 2.24) is 0 Å². The van der Waals surface area contributed by atoms with Gasteiger partial charge in [0.25, 0.3) is 0 Å². The minimum Gasteiger partial charge on any atom is -0.398 e. The van der Waals surface area contributed by atoms with Crippen molar-refractivity contribution in [3.63, 3.8) is 0 Å². The molecule has 0 amide bonds. The van der Waals surface area contributed by atoms with Gasteiger partial charge in [0.2, 0.25) is 0 Å². The monoisotopic (exact) mass is 242 g/mol. The second kappa shape index (κ2) is 5.56. The largest absolute Gasteiger partial charge is 0.398 e. The highest BCUT2D eigenvalue weighted by atomic mass is 32.2. The van der Waals surface area contributed by atoms with E-state index in [0.29, 0.717) is 0 Å². The molecule has 15 heavy (non-hydrogen) atoms. The molecule has 0 saturated heterocycles. The first-order valence-electron chi connectivity index (χ1n) is 5.05. The molecule has 0 saturated carbocycles. The van der Waals surface area contributed by atoms with Gasteiger partial charge in [-0.05, 0) is 30.1 Å². The molecule has 0 aliphatic carbocycles. The number of hydrogen-bond acceptors (Lipinski definition) is 4. The van der Waals surface area contributed by atoms with Crippen LogP contribution in [0.1, 0.15) is 19.4 Å². The second-order valence-electron chi connectivity index (χ2n) is 3.20. The maximum atomic E-state index is 6.13. The van der Waals surface area contributed by atoms with Crippen LogP contribution in [0.2, 0.25) is 0 Å². The Labute approximate surface area is 100 Å². The molecule has 0 fully saturated rings. The zero-order chi connectivity index (χ0) is 11.4. The van der Waals surface area contributed by atoms with Gasteiger partial charge in [-0.3, -0.25) is 0 Å². The van der Waals surface area contributed by atoms with Crippen molar-refractivity contribution in [2.45, 2.75) is 30.6 Å². The van der Waals surface area contributed by atoms with Crippen molar-refractivity contribution in [2.24, 2.45) is 0 Å². The van der Waals surface area contributed by atoms with Crippen LogP contribution in [0.3, 0.4) is 0 Å². The lowest BCUT2D eigenvalue weighted by Gasteiger charge is -2.14. The summed E-state index contributed by atoms with van der Waals surface area (Å²) in [5.74, 6) is 2.04. The molecule has 0 aliphatic heterocycles. The Bertz CT molecular complexity index is 351. The fourth-order valence-electron chi connectivity index (χ4n) is 1.38. The quantitative estimate of drug-likeness (QED) is 0.628. The van der Waals surface area contributed by atoms with E-state index in [0.717, 1.165) is 38.2 Å². The molecule has 0 spiro atoms. The second-order valence-corrected chi connectivity index (χ2v) is 5.78. The summed E-state index contributed by atoms with van der Waals surface area (Å²) in [7, 11) is 0. The van der Waals surface area contributed by atoms with E-state index in [1.54, 1.807) is 23.5 Å². The molecule has 0 aliphatic rings. The Kier molecular flexibility index (Phi) is 4.67. The van der Waals surface area contributed by atoms with Crippen molar-refractivity contribution in [3.8, 4) is 0 Å². The van der Waals surface area contributed by atoms with Gasteiger partial charge in [0.15, 0.2) is 0 Å². The van der Waals surface area contributed by atoms with E-state index in [9.17, 15) is 0 Å². The molecule has 0 atom stereocenters. The van der Waals surface area contributed by atoms with Crippen molar-refractivity contribution in [3.05, 3.63) is 11.6 Å². The molecule has 1 aromatic rings. The summed E-state index contributed by atoms with van der Waals surface area (Å²) < 4.78 is 0. The Morgan fingerprint density at radius 1 is 1.13 bits per heavy atom. The first kappa shape index (κ1) is 12.6. The van der Waals surface area contributed by atoms with Crippen LogP contribution in [0.25, 0.3) is 0 Å². The Morgan fingerprint density at radius 2 is 1.73 bits per heavy atom. The number of benzene rings is 1. The summed E-state index contributed by atoms with van der Waals surface area (Å²) in [5, 5.41) is 0. The van der Waals surface area contributed by atoms with E-state index >= 15 is 0 Å². The first-order chi connectivity index (χ1) is 7.11. The molecule has 0 bridgehead atoms. The predicted molar refractivity (Wildman–Crippen MR) is 72.8 cm³/mol. The molecule has 0 unspecified atom stereocenters.